The van der Waals surface area contributed by atoms with E-state index in [1.165, 1.54) is 12.1 Å². The van der Waals surface area contributed by atoms with Gasteiger partial charge in [-0.05, 0) is 36.2 Å². The Morgan fingerprint density at radius 3 is 2.38 bits per heavy atom. The number of rotatable bonds is 5. The van der Waals surface area contributed by atoms with Crippen LogP contribution in [0.1, 0.15) is 29.3 Å². The van der Waals surface area contributed by atoms with Crippen molar-refractivity contribution in [2.75, 3.05) is 11.4 Å². The minimum absolute atomic E-state index is 0.0915. The highest BCUT2D eigenvalue weighted by atomic mass is 19.1. The summed E-state index contributed by atoms with van der Waals surface area (Å²) >= 11 is 0. The number of benzene rings is 2. The van der Waals surface area contributed by atoms with Crippen LogP contribution in [0.5, 0.6) is 0 Å². The molecule has 0 aliphatic heterocycles. The smallest absolute Gasteiger partial charge is 0.261 e. The molecule has 0 saturated heterocycles. The Bertz CT molecular complexity index is 610. The summed E-state index contributed by atoms with van der Waals surface area (Å²) in [4.78, 5) is 14.2. The number of hydrogen-bond donors (Lipinski definition) is 1. The molecule has 4 heteroatoms. The Balaban J connectivity index is 2.33. The normalized spacial score (nSPS) is 10.4. The van der Waals surface area contributed by atoms with Crippen LogP contribution >= 0.6 is 0 Å². The van der Waals surface area contributed by atoms with Crippen LogP contribution in [0.3, 0.4) is 0 Å². The minimum Gasteiger partial charge on any atom is -0.326 e. The number of amides is 1. The van der Waals surface area contributed by atoms with E-state index in [-0.39, 0.29) is 11.5 Å². The minimum atomic E-state index is -0.498. The first-order chi connectivity index (χ1) is 10.2. The molecule has 2 N–H and O–H groups in total. The fourth-order valence-electron chi connectivity index (χ4n) is 2.16. The molecule has 1 amide bonds. The van der Waals surface area contributed by atoms with Crippen molar-refractivity contribution in [1.82, 2.24) is 0 Å². The van der Waals surface area contributed by atoms with E-state index in [4.69, 9.17) is 5.73 Å². The molecular formula is C17H19FN2O. The first kappa shape index (κ1) is 15.2. The van der Waals surface area contributed by atoms with Gasteiger partial charge in [-0.2, -0.15) is 0 Å². The fraction of sp³-hybridized carbons (Fsp3) is 0.235. The zero-order chi connectivity index (χ0) is 15.2. The van der Waals surface area contributed by atoms with Crippen molar-refractivity contribution in [3.63, 3.8) is 0 Å². The highest BCUT2D eigenvalue weighted by Crippen LogP contribution is 2.20. The van der Waals surface area contributed by atoms with Crippen LogP contribution in [0.4, 0.5) is 10.1 Å². The first-order valence-electron chi connectivity index (χ1n) is 7.02. The van der Waals surface area contributed by atoms with Crippen LogP contribution in [-0.4, -0.2) is 12.5 Å². The lowest BCUT2D eigenvalue weighted by molar-refractivity contribution is 0.0983. The van der Waals surface area contributed by atoms with Gasteiger partial charge in [-0.1, -0.05) is 31.2 Å². The molecule has 0 spiro atoms. The Hall–Kier alpha value is -2.20. The lowest BCUT2D eigenvalue weighted by Gasteiger charge is -2.23. The molecule has 110 valence electrons. The molecule has 0 aromatic heterocycles. The van der Waals surface area contributed by atoms with Gasteiger partial charge >= 0.3 is 0 Å². The van der Waals surface area contributed by atoms with Crippen molar-refractivity contribution in [2.45, 2.75) is 19.9 Å². The van der Waals surface area contributed by atoms with Gasteiger partial charge in [0.1, 0.15) is 5.82 Å². The molecule has 0 unspecified atom stereocenters. The number of halogens is 1. The van der Waals surface area contributed by atoms with Gasteiger partial charge in [0.2, 0.25) is 0 Å². The third kappa shape index (κ3) is 3.47. The van der Waals surface area contributed by atoms with E-state index in [2.05, 4.69) is 0 Å². The lowest BCUT2D eigenvalue weighted by Crippen LogP contribution is -2.32. The first-order valence-corrected chi connectivity index (χ1v) is 7.02. The summed E-state index contributed by atoms with van der Waals surface area (Å²) in [6.45, 7) is 2.97. The molecule has 0 bridgehead atoms. The molecule has 0 radical (unpaired) electrons. The highest BCUT2D eigenvalue weighted by molar-refractivity contribution is 6.06. The van der Waals surface area contributed by atoms with Crippen molar-refractivity contribution < 1.29 is 9.18 Å². The van der Waals surface area contributed by atoms with Gasteiger partial charge in [0.05, 0.1) is 5.56 Å². The maximum absolute atomic E-state index is 13.8. The van der Waals surface area contributed by atoms with Crippen molar-refractivity contribution in [3.8, 4) is 0 Å². The number of nitrogens with zero attached hydrogens (tertiary/aromatic N) is 1. The topological polar surface area (TPSA) is 46.3 Å². The molecule has 3 nitrogen and oxygen atoms in total. The van der Waals surface area contributed by atoms with Crippen LogP contribution in [-0.2, 0) is 6.54 Å². The molecule has 0 atom stereocenters. The number of anilines is 1. The van der Waals surface area contributed by atoms with E-state index in [0.29, 0.717) is 13.1 Å². The van der Waals surface area contributed by atoms with E-state index >= 15 is 0 Å². The fourth-order valence-corrected chi connectivity index (χ4v) is 2.16. The zero-order valence-electron chi connectivity index (χ0n) is 12.1. The van der Waals surface area contributed by atoms with Gasteiger partial charge in [-0.25, -0.2) is 4.39 Å². The molecular weight excluding hydrogens is 267 g/mol. The molecule has 2 aromatic carbocycles. The van der Waals surface area contributed by atoms with Crippen LogP contribution in [0.15, 0.2) is 48.5 Å². The van der Waals surface area contributed by atoms with Gasteiger partial charge in [0.15, 0.2) is 0 Å². The predicted molar refractivity (Wildman–Crippen MR) is 82.7 cm³/mol. The number of nitrogens with two attached hydrogens (primary N) is 1. The lowest BCUT2D eigenvalue weighted by atomic mass is 10.1. The van der Waals surface area contributed by atoms with Gasteiger partial charge in [0.25, 0.3) is 5.91 Å². The Kier molecular flexibility index (Phi) is 5.06. The number of hydrogen-bond acceptors (Lipinski definition) is 2. The molecule has 0 fully saturated rings. The third-order valence-electron chi connectivity index (χ3n) is 3.28. The summed E-state index contributed by atoms with van der Waals surface area (Å²) in [6.07, 6.45) is 0.791. The summed E-state index contributed by atoms with van der Waals surface area (Å²) < 4.78 is 13.8. The molecule has 21 heavy (non-hydrogen) atoms. The van der Waals surface area contributed by atoms with Crippen molar-refractivity contribution >= 4 is 11.6 Å². The van der Waals surface area contributed by atoms with Crippen LogP contribution < -0.4 is 10.6 Å². The van der Waals surface area contributed by atoms with Crippen molar-refractivity contribution in [2.24, 2.45) is 5.73 Å². The van der Waals surface area contributed by atoms with E-state index < -0.39 is 5.82 Å². The summed E-state index contributed by atoms with van der Waals surface area (Å²) in [7, 11) is 0. The SMILES string of the molecule is CCCN(C(=O)c1ccccc1F)c1ccc(CN)cc1. The average Bonchev–Trinajstić information content (AvgIpc) is 2.52. The van der Waals surface area contributed by atoms with Crippen molar-refractivity contribution in [3.05, 3.63) is 65.5 Å². The van der Waals surface area contributed by atoms with Crippen LogP contribution in [0.25, 0.3) is 0 Å². The summed E-state index contributed by atoms with van der Waals surface area (Å²) in [5, 5.41) is 0. The van der Waals surface area contributed by atoms with Gasteiger partial charge in [-0.15, -0.1) is 0 Å². The second kappa shape index (κ2) is 6.99. The third-order valence-corrected chi connectivity index (χ3v) is 3.28. The largest absolute Gasteiger partial charge is 0.326 e. The van der Waals surface area contributed by atoms with E-state index in [1.54, 1.807) is 17.0 Å². The molecule has 0 saturated carbocycles. The predicted octanol–water partition coefficient (Wildman–Crippen LogP) is 3.34. The molecule has 0 aliphatic carbocycles. The second-order valence-corrected chi connectivity index (χ2v) is 4.81. The van der Waals surface area contributed by atoms with Crippen LogP contribution in [0.2, 0.25) is 0 Å². The highest BCUT2D eigenvalue weighted by Gasteiger charge is 2.19. The zero-order valence-corrected chi connectivity index (χ0v) is 12.1. The summed E-state index contributed by atoms with van der Waals surface area (Å²) in [6, 6.07) is 13.5. The second-order valence-electron chi connectivity index (χ2n) is 4.81. The summed E-state index contributed by atoms with van der Waals surface area (Å²) in [5.74, 6) is -0.822. The molecule has 0 heterocycles. The van der Waals surface area contributed by atoms with Crippen molar-refractivity contribution in [1.29, 1.82) is 0 Å². The standard InChI is InChI=1S/C17H19FN2O/c1-2-11-20(14-9-7-13(12-19)8-10-14)17(21)15-5-3-4-6-16(15)18/h3-10H,2,11-12,19H2,1H3. The number of carbonyl (C=O) groups is 1. The van der Waals surface area contributed by atoms with Gasteiger partial charge in [-0.3, -0.25) is 4.79 Å². The molecule has 0 aliphatic rings. The average molecular weight is 286 g/mol. The Morgan fingerprint density at radius 1 is 1.14 bits per heavy atom. The van der Waals surface area contributed by atoms with Gasteiger partial charge in [0, 0.05) is 18.8 Å². The van der Waals surface area contributed by atoms with E-state index in [0.717, 1.165) is 17.7 Å². The molecule has 2 rings (SSSR count). The quantitative estimate of drug-likeness (QED) is 0.916. The maximum atomic E-state index is 13.8. The Labute approximate surface area is 124 Å². The van der Waals surface area contributed by atoms with E-state index in [1.807, 2.05) is 31.2 Å². The monoisotopic (exact) mass is 286 g/mol. The number of carbonyl (C=O) groups excluding carboxylic acids is 1. The van der Waals surface area contributed by atoms with Gasteiger partial charge < -0.3 is 10.6 Å². The van der Waals surface area contributed by atoms with Crippen LogP contribution in [0, 0.1) is 5.82 Å². The maximum Gasteiger partial charge on any atom is 0.261 e. The van der Waals surface area contributed by atoms with E-state index in [9.17, 15) is 9.18 Å². The molecule has 2 aromatic rings. The summed E-state index contributed by atoms with van der Waals surface area (Å²) in [5.41, 5.74) is 7.41. The Morgan fingerprint density at radius 2 is 1.81 bits per heavy atom.